The van der Waals surface area contributed by atoms with Gasteiger partial charge in [0.2, 0.25) is 0 Å². The van der Waals surface area contributed by atoms with Gasteiger partial charge < -0.3 is 5.32 Å². The second kappa shape index (κ2) is 5.52. The number of nitrogens with zero attached hydrogens (tertiary/aromatic N) is 2. The summed E-state index contributed by atoms with van der Waals surface area (Å²) in [5, 5.41) is 18.5. The zero-order chi connectivity index (χ0) is 11.1. The molecule has 4 heteroatoms. The monoisotopic (exact) mass is 206 g/mol. The van der Waals surface area contributed by atoms with Crippen molar-refractivity contribution in [1.82, 2.24) is 15.5 Å². The zero-order valence-corrected chi connectivity index (χ0v) is 9.38. The molecule has 1 aromatic rings. The predicted octanol–water partition coefficient (Wildman–Crippen LogP) is 1.83. The van der Waals surface area contributed by atoms with E-state index in [1.165, 1.54) is 0 Å². The maximum atomic E-state index is 8.52. The summed E-state index contributed by atoms with van der Waals surface area (Å²) < 4.78 is 0. The van der Waals surface area contributed by atoms with Crippen LogP contribution >= 0.6 is 0 Å². The van der Waals surface area contributed by atoms with Crippen LogP contribution in [-0.2, 0) is 6.54 Å². The Morgan fingerprint density at radius 2 is 2.40 bits per heavy atom. The van der Waals surface area contributed by atoms with Gasteiger partial charge in [0.1, 0.15) is 0 Å². The third-order valence-corrected chi connectivity index (χ3v) is 2.40. The summed E-state index contributed by atoms with van der Waals surface area (Å²) in [5.41, 5.74) is 1.34. The summed E-state index contributed by atoms with van der Waals surface area (Å²) in [6, 6.07) is 2.19. The first-order valence-corrected chi connectivity index (χ1v) is 5.19. The molecule has 0 unspecified atom stereocenters. The second-order valence-corrected chi connectivity index (χ2v) is 4.53. The van der Waals surface area contributed by atoms with E-state index in [0.717, 1.165) is 25.1 Å². The predicted molar refractivity (Wildman–Crippen MR) is 58.9 cm³/mol. The van der Waals surface area contributed by atoms with Crippen LogP contribution in [0.3, 0.4) is 0 Å². The molecule has 0 aliphatic heterocycles. The summed E-state index contributed by atoms with van der Waals surface area (Å²) in [7, 11) is 0. The fourth-order valence-corrected chi connectivity index (χ4v) is 1.40. The van der Waals surface area contributed by atoms with Gasteiger partial charge >= 0.3 is 0 Å². The maximum absolute atomic E-state index is 8.52. The van der Waals surface area contributed by atoms with Crippen LogP contribution in [0.4, 0.5) is 0 Å². The summed E-state index contributed by atoms with van der Waals surface area (Å²) in [4.78, 5) is 0. The lowest BCUT2D eigenvalue weighted by atomic mass is 9.88. The van der Waals surface area contributed by atoms with Crippen LogP contribution in [0.1, 0.15) is 32.3 Å². The Balaban J connectivity index is 2.21. The first kappa shape index (κ1) is 11.7. The van der Waals surface area contributed by atoms with E-state index in [4.69, 9.17) is 5.26 Å². The molecule has 1 rings (SSSR count). The number of rotatable bonds is 6. The minimum Gasteiger partial charge on any atom is -0.312 e. The van der Waals surface area contributed by atoms with Crippen molar-refractivity contribution >= 4 is 0 Å². The smallest absolute Gasteiger partial charge is 0.0621 e. The van der Waals surface area contributed by atoms with E-state index in [9.17, 15) is 0 Å². The highest BCUT2D eigenvalue weighted by Crippen LogP contribution is 2.20. The number of H-pyrrole nitrogens is 1. The molecule has 0 saturated heterocycles. The van der Waals surface area contributed by atoms with Gasteiger partial charge in [0.05, 0.1) is 12.3 Å². The van der Waals surface area contributed by atoms with Gasteiger partial charge in [-0.15, -0.1) is 0 Å². The van der Waals surface area contributed by atoms with E-state index < -0.39 is 0 Å². The molecule has 0 atom stereocenters. The number of hydrogen-bond acceptors (Lipinski definition) is 3. The van der Waals surface area contributed by atoms with Crippen molar-refractivity contribution in [2.75, 3.05) is 6.54 Å². The fourth-order valence-electron chi connectivity index (χ4n) is 1.40. The number of aromatic nitrogens is 2. The van der Waals surface area contributed by atoms with Crippen LogP contribution in [0.5, 0.6) is 0 Å². The van der Waals surface area contributed by atoms with Crippen LogP contribution < -0.4 is 5.32 Å². The Morgan fingerprint density at radius 3 is 3.00 bits per heavy atom. The summed E-state index contributed by atoms with van der Waals surface area (Å²) >= 11 is 0. The molecule has 0 aliphatic carbocycles. The molecule has 0 amide bonds. The summed E-state index contributed by atoms with van der Waals surface area (Å²) in [6.45, 7) is 6.09. The Morgan fingerprint density at radius 1 is 1.60 bits per heavy atom. The van der Waals surface area contributed by atoms with Crippen molar-refractivity contribution in [3.8, 4) is 6.07 Å². The van der Waals surface area contributed by atoms with Gasteiger partial charge in [-0.05, 0) is 11.8 Å². The van der Waals surface area contributed by atoms with Gasteiger partial charge in [-0.1, -0.05) is 13.8 Å². The lowest BCUT2D eigenvalue weighted by molar-refractivity contribution is 0.317. The molecule has 82 valence electrons. The number of hydrogen-bond donors (Lipinski definition) is 2. The number of nitrogens with one attached hydrogen (secondary N) is 2. The second-order valence-electron chi connectivity index (χ2n) is 4.53. The van der Waals surface area contributed by atoms with Gasteiger partial charge in [0.25, 0.3) is 0 Å². The van der Waals surface area contributed by atoms with E-state index in [-0.39, 0.29) is 5.41 Å². The molecule has 0 saturated carbocycles. The molecule has 0 bridgehead atoms. The minimum atomic E-state index is 0.180. The molecule has 15 heavy (non-hydrogen) atoms. The first-order chi connectivity index (χ1) is 7.14. The van der Waals surface area contributed by atoms with Crippen molar-refractivity contribution in [3.63, 3.8) is 0 Å². The SMILES string of the molecule is CC(C)(CCC#N)CNCc1cn[nH]c1. The van der Waals surface area contributed by atoms with Gasteiger partial charge in [-0.2, -0.15) is 10.4 Å². The van der Waals surface area contributed by atoms with E-state index in [2.05, 4.69) is 35.4 Å². The van der Waals surface area contributed by atoms with Crippen LogP contribution in [0.15, 0.2) is 12.4 Å². The maximum Gasteiger partial charge on any atom is 0.0621 e. The van der Waals surface area contributed by atoms with E-state index in [0.29, 0.717) is 6.42 Å². The Kier molecular flexibility index (Phi) is 4.32. The normalized spacial score (nSPS) is 11.3. The Bertz CT molecular complexity index is 308. The van der Waals surface area contributed by atoms with Crippen LogP contribution in [0, 0.1) is 16.7 Å². The highest BCUT2D eigenvalue weighted by Gasteiger charge is 2.16. The van der Waals surface area contributed by atoms with Crippen molar-refractivity contribution in [2.24, 2.45) is 5.41 Å². The standard InChI is InChI=1S/C11H18N4/c1-11(2,4-3-5-12)9-13-6-10-7-14-15-8-10/h7-8,13H,3-4,6,9H2,1-2H3,(H,14,15). The molecule has 0 aromatic carbocycles. The first-order valence-electron chi connectivity index (χ1n) is 5.19. The highest BCUT2D eigenvalue weighted by molar-refractivity contribution is 5.01. The van der Waals surface area contributed by atoms with Crippen molar-refractivity contribution < 1.29 is 0 Å². The van der Waals surface area contributed by atoms with Crippen LogP contribution in [0.2, 0.25) is 0 Å². The average molecular weight is 206 g/mol. The molecular weight excluding hydrogens is 188 g/mol. The topological polar surface area (TPSA) is 64.5 Å². The molecular formula is C11H18N4. The zero-order valence-electron chi connectivity index (χ0n) is 9.38. The van der Waals surface area contributed by atoms with Crippen molar-refractivity contribution in [2.45, 2.75) is 33.2 Å². The number of aromatic amines is 1. The highest BCUT2D eigenvalue weighted by atomic mass is 15.1. The van der Waals surface area contributed by atoms with Crippen LogP contribution in [-0.4, -0.2) is 16.7 Å². The van der Waals surface area contributed by atoms with E-state index in [1.807, 2.05) is 12.4 Å². The number of nitriles is 1. The van der Waals surface area contributed by atoms with E-state index >= 15 is 0 Å². The molecule has 0 spiro atoms. The molecule has 2 N–H and O–H groups in total. The third kappa shape index (κ3) is 4.61. The molecule has 1 aromatic heterocycles. The van der Waals surface area contributed by atoms with Gasteiger partial charge in [-0.3, -0.25) is 5.10 Å². The van der Waals surface area contributed by atoms with Gasteiger partial charge in [0, 0.05) is 31.3 Å². The fraction of sp³-hybridized carbons (Fsp3) is 0.636. The molecule has 4 nitrogen and oxygen atoms in total. The molecule has 0 radical (unpaired) electrons. The quantitative estimate of drug-likeness (QED) is 0.746. The molecule has 0 fully saturated rings. The lowest BCUT2D eigenvalue weighted by Crippen LogP contribution is -2.28. The minimum absolute atomic E-state index is 0.180. The van der Waals surface area contributed by atoms with Gasteiger partial charge in [-0.25, -0.2) is 0 Å². The largest absolute Gasteiger partial charge is 0.312 e. The Labute approximate surface area is 90.7 Å². The van der Waals surface area contributed by atoms with Gasteiger partial charge in [0.15, 0.2) is 0 Å². The molecule has 1 heterocycles. The lowest BCUT2D eigenvalue weighted by Gasteiger charge is -2.23. The van der Waals surface area contributed by atoms with Crippen molar-refractivity contribution in [1.29, 1.82) is 5.26 Å². The third-order valence-electron chi connectivity index (χ3n) is 2.40. The summed E-state index contributed by atoms with van der Waals surface area (Å²) in [5.74, 6) is 0. The Hall–Kier alpha value is -1.34. The van der Waals surface area contributed by atoms with Crippen LogP contribution in [0.25, 0.3) is 0 Å². The summed E-state index contributed by atoms with van der Waals surface area (Å²) in [6.07, 6.45) is 5.26. The molecule has 0 aliphatic rings. The average Bonchev–Trinajstić information content (AvgIpc) is 2.67. The van der Waals surface area contributed by atoms with Crippen molar-refractivity contribution in [3.05, 3.63) is 18.0 Å². The van der Waals surface area contributed by atoms with E-state index in [1.54, 1.807) is 0 Å².